The van der Waals surface area contributed by atoms with E-state index in [9.17, 15) is 4.79 Å². The first-order valence-electron chi connectivity index (χ1n) is 6.71. The first-order chi connectivity index (χ1) is 8.56. The molecule has 0 bridgehead atoms. The van der Waals surface area contributed by atoms with Gasteiger partial charge in [-0.15, -0.1) is 0 Å². The van der Waals surface area contributed by atoms with Crippen molar-refractivity contribution < 1.29 is 4.79 Å². The molecule has 1 aromatic carbocycles. The molecule has 0 heterocycles. The van der Waals surface area contributed by atoms with Crippen LogP contribution >= 0.6 is 0 Å². The highest BCUT2D eigenvalue weighted by atomic mass is 16.1. The monoisotopic (exact) mass is 246 g/mol. The molecule has 1 saturated carbocycles. The summed E-state index contributed by atoms with van der Waals surface area (Å²) in [6, 6.07) is 6.59. The topological polar surface area (TPSA) is 41.1 Å². The molecule has 1 amide bonds. The lowest BCUT2D eigenvalue weighted by molar-refractivity contribution is -0.114. The van der Waals surface area contributed by atoms with Crippen molar-refractivity contribution in [2.24, 2.45) is 5.92 Å². The Morgan fingerprint density at radius 2 is 2.11 bits per heavy atom. The Hall–Kier alpha value is -1.51. The molecule has 2 atom stereocenters. The molecule has 0 saturated heterocycles. The van der Waals surface area contributed by atoms with Crippen LogP contribution in [0.25, 0.3) is 0 Å². The third-order valence-corrected chi connectivity index (χ3v) is 3.76. The van der Waals surface area contributed by atoms with E-state index in [4.69, 9.17) is 0 Å². The lowest BCUT2D eigenvalue weighted by Crippen LogP contribution is -2.22. The summed E-state index contributed by atoms with van der Waals surface area (Å²) in [5.41, 5.74) is 3.23. The van der Waals surface area contributed by atoms with E-state index in [0.29, 0.717) is 6.04 Å². The molecule has 2 rings (SSSR count). The zero-order valence-corrected chi connectivity index (χ0v) is 11.4. The van der Waals surface area contributed by atoms with Crippen molar-refractivity contribution in [3.63, 3.8) is 0 Å². The van der Waals surface area contributed by atoms with Crippen molar-refractivity contribution in [1.29, 1.82) is 0 Å². The predicted octanol–water partition coefficient (Wildman–Crippen LogP) is 3.55. The number of benzene rings is 1. The van der Waals surface area contributed by atoms with Gasteiger partial charge in [-0.25, -0.2) is 0 Å². The van der Waals surface area contributed by atoms with Crippen LogP contribution < -0.4 is 10.6 Å². The molecule has 0 aromatic heterocycles. The van der Waals surface area contributed by atoms with E-state index in [2.05, 4.69) is 24.5 Å². The number of carbonyl (C=O) groups excluding carboxylic acids is 1. The van der Waals surface area contributed by atoms with Gasteiger partial charge in [-0.2, -0.15) is 0 Å². The van der Waals surface area contributed by atoms with Crippen LogP contribution in [0.15, 0.2) is 18.2 Å². The first kappa shape index (κ1) is 12.9. The maximum atomic E-state index is 11.1. The van der Waals surface area contributed by atoms with E-state index in [-0.39, 0.29) is 5.91 Å². The Balaban J connectivity index is 2.13. The molecule has 1 aliphatic carbocycles. The minimum atomic E-state index is -0.0287. The van der Waals surface area contributed by atoms with Gasteiger partial charge in [0.1, 0.15) is 0 Å². The molecule has 1 fully saturated rings. The predicted molar refractivity (Wildman–Crippen MR) is 75.9 cm³/mol. The number of aryl methyl sites for hydroxylation is 1. The number of carbonyl (C=O) groups is 1. The number of amides is 1. The molecular weight excluding hydrogens is 224 g/mol. The van der Waals surface area contributed by atoms with Gasteiger partial charge in [0.05, 0.1) is 0 Å². The van der Waals surface area contributed by atoms with Gasteiger partial charge in [0.2, 0.25) is 5.91 Å². The Kier molecular flexibility index (Phi) is 3.90. The van der Waals surface area contributed by atoms with Gasteiger partial charge in [-0.1, -0.05) is 19.4 Å². The lowest BCUT2D eigenvalue weighted by atomic mass is 10.1. The van der Waals surface area contributed by atoms with Gasteiger partial charge < -0.3 is 10.6 Å². The fraction of sp³-hybridized carbons (Fsp3) is 0.533. The molecule has 18 heavy (non-hydrogen) atoms. The maximum absolute atomic E-state index is 11.1. The van der Waals surface area contributed by atoms with Crippen LogP contribution in [0.4, 0.5) is 11.4 Å². The van der Waals surface area contributed by atoms with Crippen molar-refractivity contribution in [2.75, 3.05) is 10.6 Å². The number of anilines is 2. The van der Waals surface area contributed by atoms with Crippen molar-refractivity contribution in [3.05, 3.63) is 23.8 Å². The zero-order valence-electron chi connectivity index (χ0n) is 11.4. The summed E-state index contributed by atoms with van der Waals surface area (Å²) in [6.45, 7) is 5.93. The van der Waals surface area contributed by atoms with Gasteiger partial charge in [0.15, 0.2) is 0 Å². The SMILES string of the molecule is CC(=O)Nc1ccc(C)c(NC2CCCC2C)c1. The van der Waals surface area contributed by atoms with Gasteiger partial charge in [-0.3, -0.25) is 4.79 Å². The minimum Gasteiger partial charge on any atom is -0.382 e. The number of hydrogen-bond acceptors (Lipinski definition) is 2. The van der Waals surface area contributed by atoms with Crippen molar-refractivity contribution >= 4 is 17.3 Å². The highest BCUT2D eigenvalue weighted by Gasteiger charge is 2.23. The average molecular weight is 246 g/mol. The second-order valence-electron chi connectivity index (χ2n) is 5.37. The van der Waals surface area contributed by atoms with Crippen LogP contribution in [-0.2, 0) is 4.79 Å². The van der Waals surface area contributed by atoms with Crippen LogP contribution in [-0.4, -0.2) is 11.9 Å². The van der Waals surface area contributed by atoms with Crippen LogP contribution in [0.3, 0.4) is 0 Å². The smallest absolute Gasteiger partial charge is 0.221 e. The Morgan fingerprint density at radius 3 is 2.72 bits per heavy atom. The van der Waals surface area contributed by atoms with E-state index in [1.165, 1.54) is 31.7 Å². The molecule has 1 aromatic rings. The number of nitrogens with one attached hydrogen (secondary N) is 2. The van der Waals surface area contributed by atoms with Crippen LogP contribution in [0, 0.1) is 12.8 Å². The molecule has 2 N–H and O–H groups in total. The van der Waals surface area contributed by atoms with Crippen molar-refractivity contribution in [3.8, 4) is 0 Å². The van der Waals surface area contributed by atoms with Crippen LogP contribution in [0.5, 0.6) is 0 Å². The fourth-order valence-corrected chi connectivity index (χ4v) is 2.62. The largest absolute Gasteiger partial charge is 0.382 e. The first-order valence-corrected chi connectivity index (χ1v) is 6.71. The van der Waals surface area contributed by atoms with Crippen molar-refractivity contribution in [1.82, 2.24) is 0 Å². The minimum absolute atomic E-state index is 0.0287. The summed E-state index contributed by atoms with van der Waals surface area (Å²) in [4.78, 5) is 11.1. The molecule has 2 unspecified atom stereocenters. The van der Waals surface area contributed by atoms with Gasteiger partial charge in [-0.05, 0) is 43.4 Å². The number of rotatable bonds is 3. The molecule has 3 heteroatoms. The molecule has 1 aliphatic rings. The maximum Gasteiger partial charge on any atom is 0.221 e. The summed E-state index contributed by atoms with van der Waals surface area (Å²) in [7, 11) is 0. The standard InChI is InChI=1S/C15H22N2O/c1-10-5-4-6-14(10)17-15-9-13(16-12(3)18)8-7-11(15)2/h7-10,14,17H,4-6H2,1-3H3,(H,16,18). The summed E-state index contributed by atoms with van der Waals surface area (Å²) in [6.07, 6.45) is 3.86. The van der Waals surface area contributed by atoms with Gasteiger partial charge >= 0.3 is 0 Å². The van der Waals surface area contributed by atoms with Crippen LogP contribution in [0.1, 0.15) is 38.7 Å². The summed E-state index contributed by atoms with van der Waals surface area (Å²) in [5.74, 6) is 0.702. The van der Waals surface area contributed by atoms with E-state index in [0.717, 1.165) is 17.3 Å². The summed E-state index contributed by atoms with van der Waals surface area (Å²) in [5, 5.41) is 6.45. The van der Waals surface area contributed by atoms with E-state index in [1.807, 2.05) is 18.2 Å². The van der Waals surface area contributed by atoms with E-state index in [1.54, 1.807) is 0 Å². The van der Waals surface area contributed by atoms with E-state index >= 15 is 0 Å². The fourth-order valence-electron chi connectivity index (χ4n) is 2.62. The highest BCUT2D eigenvalue weighted by Crippen LogP contribution is 2.30. The third-order valence-electron chi connectivity index (χ3n) is 3.76. The molecule has 0 aliphatic heterocycles. The Morgan fingerprint density at radius 1 is 1.33 bits per heavy atom. The Labute approximate surface area is 109 Å². The Bertz CT molecular complexity index is 442. The number of hydrogen-bond donors (Lipinski definition) is 2. The molecule has 0 spiro atoms. The molecule has 0 radical (unpaired) electrons. The van der Waals surface area contributed by atoms with Gasteiger partial charge in [0, 0.05) is 24.3 Å². The van der Waals surface area contributed by atoms with Crippen molar-refractivity contribution in [2.45, 2.75) is 46.1 Å². The van der Waals surface area contributed by atoms with Crippen LogP contribution in [0.2, 0.25) is 0 Å². The second-order valence-corrected chi connectivity index (χ2v) is 5.37. The van der Waals surface area contributed by atoms with E-state index < -0.39 is 0 Å². The summed E-state index contributed by atoms with van der Waals surface area (Å²) < 4.78 is 0. The van der Waals surface area contributed by atoms with Gasteiger partial charge in [0.25, 0.3) is 0 Å². The average Bonchev–Trinajstić information content (AvgIpc) is 2.69. The highest BCUT2D eigenvalue weighted by molar-refractivity contribution is 5.89. The quantitative estimate of drug-likeness (QED) is 0.856. The third kappa shape index (κ3) is 3.03. The summed E-state index contributed by atoms with van der Waals surface area (Å²) >= 11 is 0. The second kappa shape index (κ2) is 5.42. The normalized spacial score (nSPS) is 22.8. The molecule has 3 nitrogen and oxygen atoms in total. The lowest BCUT2D eigenvalue weighted by Gasteiger charge is -2.20. The molecular formula is C15H22N2O. The zero-order chi connectivity index (χ0) is 13.1. The molecule has 98 valence electrons.